The molecule has 0 aliphatic carbocycles. The largest absolute Gasteiger partial charge is 0.453 e. The van der Waals surface area contributed by atoms with Crippen molar-refractivity contribution in [2.45, 2.75) is 0 Å². The van der Waals surface area contributed by atoms with Crippen molar-refractivity contribution in [3.05, 3.63) is 0 Å². The van der Waals surface area contributed by atoms with Crippen LogP contribution < -0.4 is 5.32 Å². The average molecular weight is 119 g/mol. The lowest BCUT2D eigenvalue weighted by atomic mass is 11.0. The molecule has 1 N–H and O–H groups in total. The van der Waals surface area contributed by atoms with E-state index in [0.29, 0.717) is 0 Å². The molecular weight excluding hydrogens is 110 g/mol. The molecule has 1 amide bonds. The maximum Gasteiger partial charge on any atom is 0.408 e. The monoisotopic (exact) mass is 119 g/mol. The van der Waals surface area contributed by atoms with Crippen LogP contribution in [0.2, 0.25) is 0 Å². The zero-order valence-electron chi connectivity index (χ0n) is 4.93. The zero-order valence-corrected chi connectivity index (χ0v) is 4.93. The number of hydrogen-bond donors (Lipinski definition) is 1. The predicted molar refractivity (Wildman–Crippen MR) is 27.4 cm³/mol. The van der Waals surface area contributed by atoms with Crippen LogP contribution in [0, 0.1) is 0 Å². The van der Waals surface area contributed by atoms with Crippen LogP contribution in [0.25, 0.3) is 0 Å². The molecule has 0 unspecified atom stereocenters. The van der Waals surface area contributed by atoms with Gasteiger partial charge in [-0.15, -0.1) is 0 Å². The van der Waals surface area contributed by atoms with Gasteiger partial charge < -0.3 is 9.47 Å². The van der Waals surface area contributed by atoms with Crippen LogP contribution in [0.3, 0.4) is 0 Å². The molecule has 0 saturated carbocycles. The first kappa shape index (κ1) is 7.23. The van der Waals surface area contributed by atoms with Gasteiger partial charge in [-0.25, -0.2) is 4.79 Å². The molecule has 48 valence electrons. The Morgan fingerprint density at radius 3 is 2.62 bits per heavy atom. The van der Waals surface area contributed by atoms with Crippen molar-refractivity contribution in [1.82, 2.24) is 5.32 Å². The Bertz CT molecular complexity index is 73.7. The number of amides is 1. The Kier molecular flexibility index (Phi) is 3.97. The fourth-order valence-electron chi connectivity index (χ4n) is 0.203. The van der Waals surface area contributed by atoms with Gasteiger partial charge in [-0.05, 0) is 0 Å². The van der Waals surface area contributed by atoms with Crippen LogP contribution in [0.5, 0.6) is 0 Å². The molecule has 0 fully saturated rings. The fourth-order valence-corrected chi connectivity index (χ4v) is 0.203. The van der Waals surface area contributed by atoms with Crippen LogP contribution in [0.15, 0.2) is 0 Å². The molecular formula is C4H9NO3. The van der Waals surface area contributed by atoms with Crippen molar-refractivity contribution < 1.29 is 14.3 Å². The molecule has 0 atom stereocenters. The van der Waals surface area contributed by atoms with E-state index in [-0.39, 0.29) is 6.73 Å². The summed E-state index contributed by atoms with van der Waals surface area (Å²) in [5.74, 6) is 0. The Hall–Kier alpha value is -0.770. The first-order valence-corrected chi connectivity index (χ1v) is 2.12. The SMILES string of the molecule is COCNC(=O)OC. The van der Waals surface area contributed by atoms with Gasteiger partial charge >= 0.3 is 6.09 Å². The smallest absolute Gasteiger partial charge is 0.408 e. The highest BCUT2D eigenvalue weighted by molar-refractivity contribution is 5.66. The molecule has 4 nitrogen and oxygen atoms in total. The summed E-state index contributed by atoms with van der Waals surface area (Å²) in [5, 5.41) is 2.30. The van der Waals surface area contributed by atoms with Crippen LogP contribution in [-0.2, 0) is 9.47 Å². The number of hydrogen-bond acceptors (Lipinski definition) is 3. The van der Waals surface area contributed by atoms with E-state index in [1.807, 2.05) is 0 Å². The third-order valence-electron chi connectivity index (χ3n) is 0.546. The number of rotatable bonds is 2. The topological polar surface area (TPSA) is 47.6 Å². The molecule has 0 heterocycles. The van der Waals surface area contributed by atoms with Gasteiger partial charge in [0.25, 0.3) is 0 Å². The zero-order chi connectivity index (χ0) is 6.41. The molecule has 0 rings (SSSR count). The van der Waals surface area contributed by atoms with Crippen molar-refractivity contribution in [2.75, 3.05) is 21.0 Å². The molecule has 0 saturated heterocycles. The Balaban J connectivity index is 2.99. The van der Waals surface area contributed by atoms with E-state index in [0.717, 1.165) is 0 Å². The van der Waals surface area contributed by atoms with E-state index in [9.17, 15) is 4.79 Å². The highest BCUT2D eigenvalue weighted by Crippen LogP contribution is 1.68. The molecule has 0 aromatic rings. The third kappa shape index (κ3) is 3.42. The summed E-state index contributed by atoms with van der Waals surface area (Å²) in [7, 11) is 2.78. The van der Waals surface area contributed by atoms with Crippen molar-refractivity contribution in [2.24, 2.45) is 0 Å². The fraction of sp³-hybridized carbons (Fsp3) is 0.750. The standard InChI is InChI=1S/C4H9NO3/c1-7-3-5-4(6)8-2/h3H2,1-2H3,(H,5,6). The molecule has 0 spiro atoms. The van der Waals surface area contributed by atoms with Crippen LogP contribution in [0.4, 0.5) is 4.79 Å². The highest BCUT2D eigenvalue weighted by Gasteiger charge is 1.92. The summed E-state index contributed by atoms with van der Waals surface area (Å²) >= 11 is 0. The second-order valence-electron chi connectivity index (χ2n) is 1.10. The summed E-state index contributed by atoms with van der Waals surface area (Å²) < 4.78 is 8.72. The summed E-state index contributed by atoms with van der Waals surface area (Å²) in [6.45, 7) is 0.187. The number of carbonyl (C=O) groups is 1. The van der Waals surface area contributed by atoms with E-state index in [1.165, 1.54) is 14.2 Å². The lowest BCUT2D eigenvalue weighted by molar-refractivity contribution is 0.136. The minimum atomic E-state index is -0.480. The second-order valence-corrected chi connectivity index (χ2v) is 1.10. The Labute approximate surface area is 47.8 Å². The number of alkyl carbamates (subject to hydrolysis) is 1. The van der Waals surface area contributed by atoms with E-state index in [2.05, 4.69) is 14.8 Å². The number of methoxy groups -OCH3 is 2. The van der Waals surface area contributed by atoms with Gasteiger partial charge in [-0.3, -0.25) is 5.32 Å². The first-order chi connectivity index (χ1) is 3.81. The van der Waals surface area contributed by atoms with Crippen LogP contribution in [-0.4, -0.2) is 27.0 Å². The van der Waals surface area contributed by atoms with E-state index < -0.39 is 6.09 Å². The quantitative estimate of drug-likeness (QED) is 0.518. The van der Waals surface area contributed by atoms with Crippen LogP contribution >= 0.6 is 0 Å². The average Bonchev–Trinajstić information content (AvgIpc) is 1.83. The first-order valence-electron chi connectivity index (χ1n) is 2.12. The van der Waals surface area contributed by atoms with Gasteiger partial charge in [-0.1, -0.05) is 0 Å². The minimum absolute atomic E-state index is 0.187. The normalized spacial score (nSPS) is 8.25. The molecule has 0 aromatic carbocycles. The van der Waals surface area contributed by atoms with Gasteiger partial charge in [0, 0.05) is 7.11 Å². The molecule has 4 heteroatoms. The third-order valence-corrected chi connectivity index (χ3v) is 0.546. The van der Waals surface area contributed by atoms with E-state index in [4.69, 9.17) is 0 Å². The van der Waals surface area contributed by atoms with Gasteiger partial charge in [0.05, 0.1) is 7.11 Å². The van der Waals surface area contributed by atoms with Crippen molar-refractivity contribution in [3.8, 4) is 0 Å². The van der Waals surface area contributed by atoms with Crippen molar-refractivity contribution in [1.29, 1.82) is 0 Å². The number of ether oxygens (including phenoxy) is 2. The number of carbonyl (C=O) groups excluding carboxylic acids is 1. The lowest BCUT2D eigenvalue weighted by Gasteiger charge is -1.98. The van der Waals surface area contributed by atoms with Gasteiger partial charge in [0.2, 0.25) is 0 Å². The lowest BCUT2D eigenvalue weighted by Crippen LogP contribution is -2.24. The van der Waals surface area contributed by atoms with Crippen molar-refractivity contribution in [3.63, 3.8) is 0 Å². The molecule has 0 aliphatic rings. The van der Waals surface area contributed by atoms with E-state index in [1.54, 1.807) is 0 Å². The summed E-state index contributed by atoms with van der Waals surface area (Å²) in [5.41, 5.74) is 0. The highest BCUT2D eigenvalue weighted by atomic mass is 16.5. The molecule has 0 aliphatic heterocycles. The summed E-state index contributed by atoms with van der Waals surface area (Å²) in [4.78, 5) is 10.2. The van der Waals surface area contributed by atoms with Gasteiger partial charge in [0.15, 0.2) is 0 Å². The molecule has 0 bridgehead atoms. The minimum Gasteiger partial charge on any atom is -0.453 e. The summed E-state index contributed by atoms with van der Waals surface area (Å²) in [6, 6.07) is 0. The predicted octanol–water partition coefficient (Wildman–Crippen LogP) is -0.0537. The van der Waals surface area contributed by atoms with E-state index >= 15 is 0 Å². The molecule has 8 heavy (non-hydrogen) atoms. The molecule has 0 radical (unpaired) electrons. The van der Waals surface area contributed by atoms with Crippen molar-refractivity contribution >= 4 is 6.09 Å². The molecule has 0 aromatic heterocycles. The Morgan fingerprint density at radius 1 is 1.62 bits per heavy atom. The van der Waals surface area contributed by atoms with Gasteiger partial charge in [0.1, 0.15) is 6.73 Å². The maximum absolute atomic E-state index is 10.2. The Morgan fingerprint density at radius 2 is 2.25 bits per heavy atom. The summed E-state index contributed by atoms with van der Waals surface area (Å²) in [6.07, 6.45) is -0.480. The maximum atomic E-state index is 10.2. The second kappa shape index (κ2) is 4.39. The van der Waals surface area contributed by atoms with Gasteiger partial charge in [-0.2, -0.15) is 0 Å². The van der Waals surface area contributed by atoms with Crippen LogP contribution in [0.1, 0.15) is 0 Å². The number of nitrogens with one attached hydrogen (secondary N) is 1.